The van der Waals surface area contributed by atoms with Crippen LogP contribution in [0.1, 0.15) is 24.8 Å². The summed E-state index contributed by atoms with van der Waals surface area (Å²) in [6.45, 7) is 3.83. The summed E-state index contributed by atoms with van der Waals surface area (Å²) < 4.78 is 6.18. The second-order valence-electron chi connectivity index (χ2n) is 7.98. The molecule has 1 amide bonds. The number of aromatic nitrogens is 1. The summed E-state index contributed by atoms with van der Waals surface area (Å²) in [6, 6.07) is 14.4. The highest BCUT2D eigenvalue weighted by molar-refractivity contribution is 5.81. The lowest BCUT2D eigenvalue weighted by Crippen LogP contribution is -2.50. The SMILES string of the molecule is CNC(=O)[C@@H]1C[C@H](Oc2ccccc2)CN1C1CCN(Cc2cccnc2)CC1. The first-order valence-corrected chi connectivity index (χ1v) is 10.5. The number of ether oxygens (including phenoxy) is 1. The van der Waals surface area contributed by atoms with Crippen molar-refractivity contribution in [1.29, 1.82) is 0 Å². The highest BCUT2D eigenvalue weighted by Crippen LogP contribution is 2.29. The van der Waals surface area contributed by atoms with Crippen molar-refractivity contribution >= 4 is 5.91 Å². The highest BCUT2D eigenvalue weighted by atomic mass is 16.5. The van der Waals surface area contributed by atoms with E-state index in [0.29, 0.717) is 6.04 Å². The molecule has 0 spiro atoms. The van der Waals surface area contributed by atoms with E-state index in [0.717, 1.165) is 51.2 Å². The molecular weight excluding hydrogens is 364 g/mol. The number of amides is 1. The van der Waals surface area contributed by atoms with Crippen molar-refractivity contribution in [2.24, 2.45) is 0 Å². The standard InChI is InChI=1S/C23H30N4O2/c1-24-23(28)22-14-21(29-20-7-3-2-4-8-20)17-27(22)19-9-12-26(13-10-19)16-18-6-5-11-25-15-18/h2-8,11,15,19,21-22H,9-10,12-14,16-17H2,1H3,(H,24,28)/t21-,22-/m0/s1. The van der Waals surface area contributed by atoms with Crippen LogP contribution in [0.15, 0.2) is 54.9 Å². The fourth-order valence-corrected chi connectivity index (χ4v) is 4.58. The van der Waals surface area contributed by atoms with Crippen LogP contribution >= 0.6 is 0 Å². The molecule has 0 bridgehead atoms. The Balaban J connectivity index is 1.36. The number of likely N-dealkylation sites (tertiary alicyclic amines) is 2. The van der Waals surface area contributed by atoms with E-state index in [9.17, 15) is 4.79 Å². The van der Waals surface area contributed by atoms with Crippen LogP contribution in [-0.4, -0.2) is 65.6 Å². The van der Waals surface area contributed by atoms with Crippen LogP contribution in [0.4, 0.5) is 0 Å². The third-order valence-electron chi connectivity index (χ3n) is 6.05. The molecule has 4 rings (SSSR count). The average Bonchev–Trinajstić information content (AvgIpc) is 3.19. The van der Waals surface area contributed by atoms with Gasteiger partial charge in [-0.25, -0.2) is 0 Å². The zero-order chi connectivity index (χ0) is 20.1. The average molecular weight is 395 g/mol. The topological polar surface area (TPSA) is 57.7 Å². The number of nitrogens with one attached hydrogen (secondary N) is 1. The Morgan fingerprint density at radius 2 is 1.97 bits per heavy atom. The second-order valence-corrected chi connectivity index (χ2v) is 7.98. The number of hydrogen-bond donors (Lipinski definition) is 1. The Kier molecular flexibility index (Phi) is 6.42. The molecule has 0 unspecified atom stereocenters. The van der Waals surface area contributed by atoms with Crippen LogP contribution < -0.4 is 10.1 Å². The van der Waals surface area contributed by atoms with Crippen molar-refractivity contribution in [3.63, 3.8) is 0 Å². The molecule has 2 fully saturated rings. The van der Waals surface area contributed by atoms with Gasteiger partial charge in [-0.3, -0.25) is 19.6 Å². The van der Waals surface area contributed by atoms with Gasteiger partial charge >= 0.3 is 0 Å². The van der Waals surface area contributed by atoms with Gasteiger partial charge < -0.3 is 10.1 Å². The van der Waals surface area contributed by atoms with E-state index in [2.05, 4.69) is 26.2 Å². The van der Waals surface area contributed by atoms with Gasteiger partial charge in [0.15, 0.2) is 0 Å². The summed E-state index contributed by atoms with van der Waals surface area (Å²) in [5, 5.41) is 2.85. The van der Waals surface area contributed by atoms with Gasteiger partial charge in [0.05, 0.1) is 6.04 Å². The Bertz CT molecular complexity index is 778. The van der Waals surface area contributed by atoms with Gasteiger partial charge in [0, 0.05) is 45.0 Å². The van der Waals surface area contributed by atoms with E-state index in [1.807, 2.05) is 48.8 Å². The molecule has 0 radical (unpaired) electrons. The van der Waals surface area contributed by atoms with E-state index >= 15 is 0 Å². The normalized spacial score (nSPS) is 23.8. The first kappa shape index (κ1) is 19.9. The number of pyridine rings is 1. The summed E-state index contributed by atoms with van der Waals surface area (Å²) in [6.07, 6.45) is 6.70. The molecule has 2 saturated heterocycles. The molecule has 154 valence electrons. The van der Waals surface area contributed by atoms with Crippen LogP contribution in [-0.2, 0) is 11.3 Å². The molecule has 3 heterocycles. The molecule has 1 aromatic heterocycles. The number of para-hydroxylation sites is 1. The number of carbonyl (C=O) groups excluding carboxylic acids is 1. The molecular formula is C23H30N4O2. The zero-order valence-corrected chi connectivity index (χ0v) is 17.0. The van der Waals surface area contributed by atoms with Gasteiger partial charge in [-0.05, 0) is 49.7 Å². The van der Waals surface area contributed by atoms with Crippen molar-refractivity contribution in [1.82, 2.24) is 20.1 Å². The van der Waals surface area contributed by atoms with E-state index in [1.54, 1.807) is 7.05 Å². The predicted octanol–water partition coefficient (Wildman–Crippen LogP) is 2.31. The first-order valence-electron chi connectivity index (χ1n) is 10.5. The molecule has 2 aromatic rings. The fourth-order valence-electron chi connectivity index (χ4n) is 4.58. The minimum atomic E-state index is -0.108. The molecule has 2 atom stereocenters. The van der Waals surface area contributed by atoms with E-state index in [1.165, 1.54) is 5.56 Å². The number of carbonyl (C=O) groups is 1. The number of piperidine rings is 1. The Morgan fingerprint density at radius 1 is 1.17 bits per heavy atom. The summed E-state index contributed by atoms with van der Waals surface area (Å²) in [5.41, 5.74) is 1.26. The minimum absolute atomic E-state index is 0.0492. The number of benzene rings is 1. The molecule has 6 nitrogen and oxygen atoms in total. The van der Waals surface area contributed by atoms with Crippen LogP contribution in [0.2, 0.25) is 0 Å². The van der Waals surface area contributed by atoms with Crippen LogP contribution in [0.3, 0.4) is 0 Å². The second kappa shape index (κ2) is 9.37. The Morgan fingerprint density at radius 3 is 2.66 bits per heavy atom. The summed E-state index contributed by atoms with van der Waals surface area (Å²) in [7, 11) is 1.72. The predicted molar refractivity (Wildman–Crippen MR) is 113 cm³/mol. The molecule has 6 heteroatoms. The van der Waals surface area contributed by atoms with Crippen molar-refractivity contribution in [2.45, 2.75) is 44.0 Å². The molecule has 29 heavy (non-hydrogen) atoms. The Hall–Kier alpha value is -2.44. The Labute approximate surface area is 172 Å². The van der Waals surface area contributed by atoms with Gasteiger partial charge in [-0.1, -0.05) is 24.3 Å². The maximum atomic E-state index is 12.5. The molecule has 0 saturated carbocycles. The van der Waals surface area contributed by atoms with E-state index in [4.69, 9.17) is 4.74 Å². The number of nitrogens with zero attached hydrogens (tertiary/aromatic N) is 3. The maximum Gasteiger partial charge on any atom is 0.237 e. The smallest absolute Gasteiger partial charge is 0.237 e. The molecule has 1 N–H and O–H groups in total. The summed E-state index contributed by atoms with van der Waals surface area (Å²) >= 11 is 0. The van der Waals surface area contributed by atoms with Gasteiger partial charge in [-0.2, -0.15) is 0 Å². The summed E-state index contributed by atoms with van der Waals surface area (Å²) in [5.74, 6) is 0.975. The van der Waals surface area contributed by atoms with Crippen molar-refractivity contribution in [3.05, 3.63) is 60.4 Å². The molecule has 0 aliphatic carbocycles. The maximum absolute atomic E-state index is 12.5. The number of hydrogen-bond acceptors (Lipinski definition) is 5. The van der Waals surface area contributed by atoms with Crippen molar-refractivity contribution in [2.75, 3.05) is 26.7 Å². The van der Waals surface area contributed by atoms with Crippen molar-refractivity contribution in [3.8, 4) is 5.75 Å². The van der Waals surface area contributed by atoms with Gasteiger partial charge in [0.1, 0.15) is 11.9 Å². The minimum Gasteiger partial charge on any atom is -0.489 e. The fraction of sp³-hybridized carbons (Fsp3) is 0.478. The molecule has 2 aliphatic heterocycles. The lowest BCUT2D eigenvalue weighted by molar-refractivity contribution is -0.126. The van der Waals surface area contributed by atoms with Crippen LogP contribution in [0.5, 0.6) is 5.75 Å². The van der Waals surface area contributed by atoms with Gasteiger partial charge in [-0.15, -0.1) is 0 Å². The van der Waals surface area contributed by atoms with Crippen LogP contribution in [0.25, 0.3) is 0 Å². The quantitative estimate of drug-likeness (QED) is 0.815. The third-order valence-corrected chi connectivity index (χ3v) is 6.05. The number of likely N-dealkylation sites (N-methyl/N-ethyl adjacent to an activating group) is 1. The monoisotopic (exact) mass is 394 g/mol. The molecule has 2 aliphatic rings. The summed E-state index contributed by atoms with van der Waals surface area (Å²) in [4.78, 5) is 21.6. The van der Waals surface area contributed by atoms with E-state index in [-0.39, 0.29) is 18.1 Å². The first-order chi connectivity index (χ1) is 14.2. The van der Waals surface area contributed by atoms with Gasteiger partial charge in [0.2, 0.25) is 5.91 Å². The molecule has 1 aromatic carbocycles. The van der Waals surface area contributed by atoms with Gasteiger partial charge in [0.25, 0.3) is 0 Å². The van der Waals surface area contributed by atoms with Crippen LogP contribution in [0, 0.1) is 0 Å². The third kappa shape index (κ3) is 4.95. The largest absolute Gasteiger partial charge is 0.489 e. The van der Waals surface area contributed by atoms with E-state index < -0.39 is 0 Å². The number of rotatable bonds is 6. The highest BCUT2D eigenvalue weighted by Gasteiger charge is 2.41. The zero-order valence-electron chi connectivity index (χ0n) is 17.0. The lowest BCUT2D eigenvalue weighted by Gasteiger charge is -2.38. The van der Waals surface area contributed by atoms with Crippen molar-refractivity contribution < 1.29 is 9.53 Å². The lowest BCUT2D eigenvalue weighted by atomic mass is 10.0.